The van der Waals surface area contributed by atoms with Gasteiger partial charge in [-0.1, -0.05) is 13.8 Å². The predicted molar refractivity (Wildman–Crippen MR) is 83.4 cm³/mol. The van der Waals surface area contributed by atoms with Crippen LogP contribution in [-0.2, 0) is 6.54 Å². The Hall–Kier alpha value is -2.09. The van der Waals surface area contributed by atoms with E-state index in [9.17, 15) is 4.39 Å². The van der Waals surface area contributed by atoms with Gasteiger partial charge in [-0.15, -0.1) is 0 Å². The fourth-order valence-corrected chi connectivity index (χ4v) is 1.75. The zero-order valence-electron chi connectivity index (χ0n) is 12.9. The predicted octanol–water partition coefficient (Wildman–Crippen LogP) is 2.80. The summed E-state index contributed by atoms with van der Waals surface area (Å²) < 4.78 is 13.7. The van der Waals surface area contributed by atoms with Crippen LogP contribution in [0.2, 0.25) is 0 Å². The zero-order chi connectivity index (χ0) is 15.7. The molecule has 0 heterocycles. The van der Waals surface area contributed by atoms with Crippen molar-refractivity contribution in [1.82, 2.24) is 10.6 Å². The van der Waals surface area contributed by atoms with Crippen molar-refractivity contribution in [2.45, 2.75) is 33.7 Å². The van der Waals surface area contributed by atoms with Crippen LogP contribution in [0.1, 0.15) is 38.3 Å². The molecular formula is C16H23FN4. The van der Waals surface area contributed by atoms with E-state index >= 15 is 0 Å². The molecule has 0 bridgehead atoms. The summed E-state index contributed by atoms with van der Waals surface area (Å²) in [6, 6.07) is 6.32. The first-order chi connectivity index (χ1) is 10.1. The molecule has 114 valence electrons. The fraction of sp³-hybridized carbons (Fsp3) is 0.500. The number of halogens is 1. The van der Waals surface area contributed by atoms with Gasteiger partial charge in [-0.2, -0.15) is 5.26 Å². The smallest absolute Gasteiger partial charge is 0.191 e. The molecule has 0 fully saturated rings. The van der Waals surface area contributed by atoms with Gasteiger partial charge < -0.3 is 10.6 Å². The van der Waals surface area contributed by atoms with E-state index in [2.05, 4.69) is 29.5 Å². The van der Waals surface area contributed by atoms with Crippen molar-refractivity contribution in [2.75, 3.05) is 13.1 Å². The number of rotatable bonds is 6. The quantitative estimate of drug-likeness (QED) is 0.625. The number of guanidine groups is 1. The van der Waals surface area contributed by atoms with Crippen molar-refractivity contribution in [3.8, 4) is 6.07 Å². The summed E-state index contributed by atoms with van der Waals surface area (Å²) in [5.41, 5.74) is 0.870. The molecule has 2 N–H and O–H groups in total. The van der Waals surface area contributed by atoms with E-state index in [4.69, 9.17) is 5.26 Å². The van der Waals surface area contributed by atoms with Crippen LogP contribution < -0.4 is 10.6 Å². The standard InChI is InChI=1S/C16H23FN4/c1-4-19-16(20-8-7-12(2)3)21-11-14-9-13(10-18)5-6-15(14)17/h5-6,9,12H,4,7-8,11H2,1-3H3,(H2,19,20,21). The Morgan fingerprint density at radius 3 is 2.76 bits per heavy atom. The second-order valence-corrected chi connectivity index (χ2v) is 5.22. The molecule has 0 aromatic heterocycles. The highest BCUT2D eigenvalue weighted by molar-refractivity contribution is 5.79. The molecule has 1 aromatic rings. The molecule has 0 unspecified atom stereocenters. The van der Waals surface area contributed by atoms with E-state index in [1.54, 1.807) is 0 Å². The molecule has 0 spiro atoms. The number of nitriles is 1. The topological polar surface area (TPSA) is 60.2 Å². The SMILES string of the molecule is CCNC(=NCc1cc(C#N)ccc1F)NCCC(C)C. The third kappa shape index (κ3) is 6.26. The van der Waals surface area contributed by atoms with Gasteiger partial charge in [0.25, 0.3) is 0 Å². The average Bonchev–Trinajstić information content (AvgIpc) is 2.45. The maximum absolute atomic E-state index is 13.7. The summed E-state index contributed by atoms with van der Waals surface area (Å²) in [5, 5.41) is 15.2. The number of nitrogens with one attached hydrogen (secondary N) is 2. The Labute approximate surface area is 126 Å². The third-order valence-electron chi connectivity index (χ3n) is 2.94. The zero-order valence-corrected chi connectivity index (χ0v) is 12.9. The summed E-state index contributed by atoms with van der Waals surface area (Å²) >= 11 is 0. The lowest BCUT2D eigenvalue weighted by atomic mass is 10.1. The lowest BCUT2D eigenvalue weighted by Crippen LogP contribution is -2.38. The molecule has 0 radical (unpaired) electrons. The maximum Gasteiger partial charge on any atom is 0.191 e. The van der Waals surface area contributed by atoms with E-state index < -0.39 is 0 Å². The molecule has 1 aromatic carbocycles. The summed E-state index contributed by atoms with van der Waals surface area (Å²) in [7, 11) is 0. The normalized spacial score (nSPS) is 11.3. The van der Waals surface area contributed by atoms with E-state index in [0.717, 1.165) is 19.5 Å². The highest BCUT2D eigenvalue weighted by Crippen LogP contribution is 2.11. The van der Waals surface area contributed by atoms with Gasteiger partial charge in [0, 0.05) is 18.7 Å². The highest BCUT2D eigenvalue weighted by Gasteiger charge is 2.04. The molecular weight excluding hydrogens is 267 g/mol. The summed E-state index contributed by atoms with van der Waals surface area (Å²) in [6.07, 6.45) is 1.04. The average molecular weight is 290 g/mol. The van der Waals surface area contributed by atoms with Crippen LogP contribution in [0.5, 0.6) is 0 Å². The van der Waals surface area contributed by atoms with E-state index in [1.807, 2.05) is 13.0 Å². The molecule has 1 rings (SSSR count). The lowest BCUT2D eigenvalue weighted by Gasteiger charge is -2.12. The Bertz CT molecular complexity index is 517. The summed E-state index contributed by atoms with van der Waals surface area (Å²) in [4.78, 5) is 4.36. The first kappa shape index (κ1) is 17.0. The molecule has 4 nitrogen and oxygen atoms in total. The minimum Gasteiger partial charge on any atom is -0.357 e. The minimum absolute atomic E-state index is 0.207. The van der Waals surface area contributed by atoms with Gasteiger partial charge in [0.05, 0.1) is 18.2 Å². The second-order valence-electron chi connectivity index (χ2n) is 5.22. The van der Waals surface area contributed by atoms with Crippen LogP contribution in [0.3, 0.4) is 0 Å². The minimum atomic E-state index is -0.337. The van der Waals surface area contributed by atoms with Gasteiger partial charge >= 0.3 is 0 Å². The van der Waals surface area contributed by atoms with Crippen molar-refractivity contribution >= 4 is 5.96 Å². The first-order valence-corrected chi connectivity index (χ1v) is 7.27. The largest absolute Gasteiger partial charge is 0.357 e. The van der Waals surface area contributed by atoms with Gasteiger partial charge in [0.1, 0.15) is 5.82 Å². The second kappa shape index (κ2) is 8.96. The van der Waals surface area contributed by atoms with Gasteiger partial charge in [-0.05, 0) is 37.5 Å². The molecule has 0 saturated heterocycles. The number of benzene rings is 1. The van der Waals surface area contributed by atoms with Crippen molar-refractivity contribution in [3.05, 3.63) is 35.1 Å². The van der Waals surface area contributed by atoms with Gasteiger partial charge in [-0.25, -0.2) is 9.38 Å². The molecule has 0 aliphatic carbocycles. The Balaban J connectivity index is 2.71. The molecule has 0 amide bonds. The van der Waals surface area contributed by atoms with Crippen molar-refractivity contribution in [2.24, 2.45) is 10.9 Å². The van der Waals surface area contributed by atoms with Crippen LogP contribution >= 0.6 is 0 Å². The molecule has 5 heteroatoms. The van der Waals surface area contributed by atoms with Crippen molar-refractivity contribution in [1.29, 1.82) is 5.26 Å². The van der Waals surface area contributed by atoms with Crippen molar-refractivity contribution < 1.29 is 4.39 Å². The third-order valence-corrected chi connectivity index (χ3v) is 2.94. The van der Waals surface area contributed by atoms with E-state index in [-0.39, 0.29) is 12.4 Å². The lowest BCUT2D eigenvalue weighted by molar-refractivity contribution is 0.573. The van der Waals surface area contributed by atoms with Crippen LogP contribution in [0.25, 0.3) is 0 Å². The number of nitrogens with zero attached hydrogens (tertiary/aromatic N) is 2. The Morgan fingerprint density at radius 1 is 1.38 bits per heavy atom. The van der Waals surface area contributed by atoms with Crippen LogP contribution in [0.4, 0.5) is 4.39 Å². The van der Waals surface area contributed by atoms with E-state index in [1.165, 1.54) is 18.2 Å². The number of hydrogen-bond acceptors (Lipinski definition) is 2. The molecule has 0 aliphatic rings. The van der Waals surface area contributed by atoms with Crippen molar-refractivity contribution in [3.63, 3.8) is 0 Å². The molecule has 0 aliphatic heterocycles. The molecule has 21 heavy (non-hydrogen) atoms. The van der Waals surface area contributed by atoms with Crippen LogP contribution in [-0.4, -0.2) is 19.0 Å². The highest BCUT2D eigenvalue weighted by atomic mass is 19.1. The Kier molecular flexibility index (Phi) is 7.24. The molecule has 0 atom stereocenters. The van der Waals surface area contributed by atoms with Crippen LogP contribution in [0.15, 0.2) is 23.2 Å². The summed E-state index contributed by atoms with van der Waals surface area (Å²) in [6.45, 7) is 8.08. The van der Waals surface area contributed by atoms with Gasteiger partial charge in [-0.3, -0.25) is 0 Å². The Morgan fingerprint density at radius 2 is 2.14 bits per heavy atom. The monoisotopic (exact) mass is 290 g/mol. The van der Waals surface area contributed by atoms with Gasteiger partial charge in [0.15, 0.2) is 5.96 Å². The van der Waals surface area contributed by atoms with Gasteiger partial charge in [0.2, 0.25) is 0 Å². The molecule has 0 saturated carbocycles. The first-order valence-electron chi connectivity index (χ1n) is 7.27. The fourth-order valence-electron chi connectivity index (χ4n) is 1.75. The summed E-state index contributed by atoms with van der Waals surface area (Å²) in [5.74, 6) is 0.945. The van der Waals surface area contributed by atoms with E-state index in [0.29, 0.717) is 23.0 Å². The number of hydrogen-bond donors (Lipinski definition) is 2. The van der Waals surface area contributed by atoms with Crippen LogP contribution in [0, 0.1) is 23.1 Å². The number of aliphatic imine (C=N–C) groups is 1. The maximum atomic E-state index is 13.7.